The molecule has 0 radical (unpaired) electrons. The molecule has 1 unspecified atom stereocenters. The van der Waals surface area contributed by atoms with Crippen LogP contribution < -0.4 is 10.6 Å². The Kier molecular flexibility index (Phi) is 5.23. The standard InChI is InChI=1S/C14H21F3N2/c1-4-11(18)8-10-6-7-13(19(3)5-2)12(9-10)14(15,16)17/h6-7,9,11H,4-5,8,18H2,1-3H3. The van der Waals surface area contributed by atoms with E-state index in [1.54, 1.807) is 18.0 Å². The van der Waals surface area contributed by atoms with Crippen molar-refractivity contribution in [2.24, 2.45) is 5.73 Å². The van der Waals surface area contributed by atoms with Gasteiger partial charge in [0.05, 0.1) is 5.56 Å². The Morgan fingerprint density at radius 1 is 1.26 bits per heavy atom. The molecule has 0 saturated carbocycles. The summed E-state index contributed by atoms with van der Waals surface area (Å²) in [4.78, 5) is 1.59. The lowest BCUT2D eigenvalue weighted by molar-refractivity contribution is -0.137. The molecule has 1 aromatic carbocycles. The predicted octanol–water partition coefficient (Wildman–Crippen LogP) is 3.44. The third-order valence-electron chi connectivity index (χ3n) is 3.27. The lowest BCUT2D eigenvalue weighted by atomic mass is 10.0. The maximum Gasteiger partial charge on any atom is 0.418 e. The average Bonchev–Trinajstić information content (AvgIpc) is 2.36. The maximum absolute atomic E-state index is 13.1. The van der Waals surface area contributed by atoms with Gasteiger partial charge in [0.15, 0.2) is 0 Å². The lowest BCUT2D eigenvalue weighted by Crippen LogP contribution is -2.23. The fraction of sp³-hybridized carbons (Fsp3) is 0.571. The quantitative estimate of drug-likeness (QED) is 0.891. The first-order valence-corrected chi connectivity index (χ1v) is 6.46. The van der Waals surface area contributed by atoms with Crippen LogP contribution in [0, 0.1) is 0 Å². The Bertz CT molecular complexity index is 416. The van der Waals surface area contributed by atoms with Crippen molar-refractivity contribution in [2.45, 2.75) is 38.9 Å². The average molecular weight is 274 g/mol. The van der Waals surface area contributed by atoms with Crippen molar-refractivity contribution in [3.8, 4) is 0 Å². The number of nitrogens with two attached hydrogens (primary N) is 1. The molecule has 0 heterocycles. The van der Waals surface area contributed by atoms with Gasteiger partial charge in [-0.1, -0.05) is 13.0 Å². The number of anilines is 1. The molecular weight excluding hydrogens is 253 g/mol. The van der Waals surface area contributed by atoms with Crippen molar-refractivity contribution < 1.29 is 13.2 Å². The highest BCUT2D eigenvalue weighted by Crippen LogP contribution is 2.37. The molecule has 0 aromatic heterocycles. The highest BCUT2D eigenvalue weighted by molar-refractivity contribution is 5.56. The zero-order valence-electron chi connectivity index (χ0n) is 11.6. The van der Waals surface area contributed by atoms with Gasteiger partial charge in [0.2, 0.25) is 0 Å². The topological polar surface area (TPSA) is 29.3 Å². The van der Waals surface area contributed by atoms with E-state index in [-0.39, 0.29) is 11.7 Å². The van der Waals surface area contributed by atoms with Crippen LogP contribution in [0.4, 0.5) is 18.9 Å². The molecule has 0 bridgehead atoms. The van der Waals surface area contributed by atoms with Crippen molar-refractivity contribution in [3.63, 3.8) is 0 Å². The van der Waals surface area contributed by atoms with Gasteiger partial charge in [-0.2, -0.15) is 13.2 Å². The van der Waals surface area contributed by atoms with Crippen LogP contribution in [0.5, 0.6) is 0 Å². The number of nitrogens with zero attached hydrogens (tertiary/aromatic N) is 1. The van der Waals surface area contributed by atoms with E-state index in [1.807, 2.05) is 13.8 Å². The van der Waals surface area contributed by atoms with Crippen molar-refractivity contribution in [2.75, 3.05) is 18.5 Å². The second kappa shape index (κ2) is 6.28. The van der Waals surface area contributed by atoms with Gasteiger partial charge in [-0.05, 0) is 37.5 Å². The minimum absolute atomic E-state index is 0.101. The van der Waals surface area contributed by atoms with E-state index >= 15 is 0 Å². The molecule has 0 aliphatic carbocycles. The number of hydrogen-bond donors (Lipinski definition) is 1. The summed E-state index contributed by atoms with van der Waals surface area (Å²) < 4.78 is 39.3. The molecule has 1 rings (SSSR count). The highest BCUT2D eigenvalue weighted by atomic mass is 19.4. The molecule has 2 nitrogen and oxygen atoms in total. The Morgan fingerprint density at radius 2 is 1.89 bits per heavy atom. The van der Waals surface area contributed by atoms with Crippen LogP contribution in [0.25, 0.3) is 0 Å². The molecule has 0 spiro atoms. The normalized spacial score (nSPS) is 13.4. The van der Waals surface area contributed by atoms with Gasteiger partial charge in [-0.25, -0.2) is 0 Å². The molecule has 2 N–H and O–H groups in total. The Labute approximate surface area is 112 Å². The molecule has 0 amide bonds. The Hall–Kier alpha value is -1.23. The van der Waals surface area contributed by atoms with Crippen LogP contribution in [0.1, 0.15) is 31.4 Å². The van der Waals surface area contributed by atoms with Gasteiger partial charge in [0.25, 0.3) is 0 Å². The zero-order chi connectivity index (χ0) is 14.6. The van der Waals surface area contributed by atoms with Crippen molar-refractivity contribution in [1.82, 2.24) is 0 Å². The van der Waals surface area contributed by atoms with Gasteiger partial charge in [0.1, 0.15) is 0 Å². The summed E-state index contributed by atoms with van der Waals surface area (Å²) in [6, 6.07) is 4.38. The summed E-state index contributed by atoms with van der Waals surface area (Å²) in [7, 11) is 1.65. The van der Waals surface area contributed by atoms with E-state index in [9.17, 15) is 13.2 Å². The van der Waals surface area contributed by atoms with Crippen LogP contribution in [-0.2, 0) is 12.6 Å². The molecule has 19 heavy (non-hydrogen) atoms. The van der Waals surface area contributed by atoms with E-state index in [0.717, 1.165) is 6.42 Å². The SMILES string of the molecule is CCC(N)Cc1ccc(N(C)CC)c(C(F)(F)F)c1. The third-order valence-corrected chi connectivity index (χ3v) is 3.27. The number of hydrogen-bond acceptors (Lipinski definition) is 2. The molecule has 0 aliphatic rings. The highest BCUT2D eigenvalue weighted by Gasteiger charge is 2.34. The summed E-state index contributed by atoms with van der Waals surface area (Å²) in [5, 5.41) is 0. The minimum Gasteiger partial charge on any atom is -0.374 e. The Balaban J connectivity index is 3.16. The van der Waals surface area contributed by atoms with Crippen LogP contribution in [0.2, 0.25) is 0 Å². The van der Waals surface area contributed by atoms with Crippen LogP contribution in [0.3, 0.4) is 0 Å². The zero-order valence-corrected chi connectivity index (χ0v) is 11.6. The molecule has 5 heteroatoms. The number of halogens is 3. The van der Waals surface area contributed by atoms with Crippen LogP contribution >= 0.6 is 0 Å². The number of benzene rings is 1. The van der Waals surface area contributed by atoms with Gasteiger partial charge in [0, 0.05) is 25.3 Å². The fourth-order valence-corrected chi connectivity index (χ4v) is 1.89. The Morgan fingerprint density at radius 3 is 2.37 bits per heavy atom. The maximum atomic E-state index is 13.1. The van der Waals surface area contributed by atoms with Gasteiger partial charge >= 0.3 is 6.18 Å². The molecule has 0 fully saturated rings. The first kappa shape index (κ1) is 15.8. The van der Waals surface area contributed by atoms with Crippen LogP contribution in [0.15, 0.2) is 18.2 Å². The lowest BCUT2D eigenvalue weighted by Gasteiger charge is -2.23. The molecule has 108 valence electrons. The second-order valence-electron chi connectivity index (χ2n) is 4.74. The summed E-state index contributed by atoms with van der Waals surface area (Å²) in [5.74, 6) is 0. The van der Waals surface area contributed by atoms with Gasteiger partial charge < -0.3 is 10.6 Å². The largest absolute Gasteiger partial charge is 0.418 e. The molecule has 0 saturated heterocycles. The number of rotatable bonds is 5. The van der Waals surface area contributed by atoms with Crippen molar-refractivity contribution >= 4 is 5.69 Å². The minimum atomic E-state index is -4.34. The van der Waals surface area contributed by atoms with E-state index in [0.29, 0.717) is 18.5 Å². The van der Waals surface area contributed by atoms with E-state index in [2.05, 4.69) is 0 Å². The first-order valence-electron chi connectivity index (χ1n) is 6.46. The molecular formula is C14H21F3N2. The van der Waals surface area contributed by atoms with Gasteiger partial charge in [-0.3, -0.25) is 0 Å². The molecule has 1 aromatic rings. The van der Waals surface area contributed by atoms with E-state index in [4.69, 9.17) is 5.73 Å². The van der Waals surface area contributed by atoms with E-state index < -0.39 is 11.7 Å². The summed E-state index contributed by atoms with van der Waals surface area (Å²) in [5.41, 5.74) is 6.06. The second-order valence-corrected chi connectivity index (χ2v) is 4.74. The van der Waals surface area contributed by atoms with Crippen LogP contribution in [-0.4, -0.2) is 19.6 Å². The monoisotopic (exact) mass is 274 g/mol. The summed E-state index contributed by atoms with van der Waals surface area (Å²) in [6.45, 7) is 4.27. The molecule has 0 aliphatic heterocycles. The van der Waals surface area contributed by atoms with Crippen molar-refractivity contribution in [3.05, 3.63) is 29.3 Å². The summed E-state index contributed by atoms with van der Waals surface area (Å²) >= 11 is 0. The molecule has 1 atom stereocenters. The van der Waals surface area contributed by atoms with Gasteiger partial charge in [-0.15, -0.1) is 0 Å². The smallest absolute Gasteiger partial charge is 0.374 e. The van der Waals surface area contributed by atoms with E-state index in [1.165, 1.54) is 12.1 Å². The van der Waals surface area contributed by atoms with Crippen molar-refractivity contribution in [1.29, 1.82) is 0 Å². The summed E-state index contributed by atoms with van der Waals surface area (Å²) in [6.07, 6.45) is -3.13. The predicted molar refractivity (Wildman–Crippen MR) is 72.4 cm³/mol. The third kappa shape index (κ3) is 4.13. The first-order chi connectivity index (χ1) is 8.79. The number of alkyl halides is 3. The fourth-order valence-electron chi connectivity index (χ4n) is 1.89.